The quantitative estimate of drug-likeness (QED) is 0.841. The van der Waals surface area contributed by atoms with Crippen molar-refractivity contribution in [1.82, 2.24) is 4.98 Å². The Balaban J connectivity index is 2.49. The highest BCUT2D eigenvalue weighted by Gasteiger charge is 2.05. The van der Waals surface area contributed by atoms with Crippen LogP contribution in [-0.4, -0.2) is 12.1 Å². The molecule has 0 saturated carbocycles. The first kappa shape index (κ1) is 10.4. The van der Waals surface area contributed by atoms with Crippen molar-refractivity contribution in [3.8, 4) is 16.9 Å². The molecule has 1 aromatic carbocycles. The van der Waals surface area contributed by atoms with Gasteiger partial charge in [-0.3, -0.25) is 4.79 Å². The summed E-state index contributed by atoms with van der Waals surface area (Å²) in [6.45, 7) is 0. The SMILES string of the molecule is COc1ccc(-c2cc[nH]c(=O)c2)cc1F. The molecule has 0 aliphatic carbocycles. The van der Waals surface area contributed by atoms with Crippen molar-refractivity contribution in [1.29, 1.82) is 0 Å². The van der Waals surface area contributed by atoms with Gasteiger partial charge >= 0.3 is 0 Å². The standard InChI is InChI=1S/C12H10FNO2/c1-16-11-3-2-8(6-10(11)13)9-4-5-14-12(15)7-9/h2-7H,1H3,(H,14,15). The van der Waals surface area contributed by atoms with Crippen LogP contribution in [0.15, 0.2) is 41.3 Å². The average molecular weight is 219 g/mol. The summed E-state index contributed by atoms with van der Waals surface area (Å²) < 4.78 is 18.2. The third kappa shape index (κ3) is 1.95. The Labute approximate surface area is 91.5 Å². The normalized spacial score (nSPS) is 10.1. The maximum Gasteiger partial charge on any atom is 0.248 e. The number of benzene rings is 1. The number of hydrogen-bond donors (Lipinski definition) is 1. The molecule has 0 saturated heterocycles. The van der Waals surface area contributed by atoms with Gasteiger partial charge in [-0.25, -0.2) is 4.39 Å². The Morgan fingerprint density at radius 2 is 1.94 bits per heavy atom. The fraction of sp³-hybridized carbons (Fsp3) is 0.0833. The van der Waals surface area contributed by atoms with E-state index in [2.05, 4.69) is 4.98 Å². The molecular formula is C12H10FNO2. The highest BCUT2D eigenvalue weighted by atomic mass is 19.1. The number of H-pyrrole nitrogens is 1. The molecule has 4 heteroatoms. The Kier molecular flexibility index (Phi) is 2.72. The molecule has 1 heterocycles. The molecule has 0 aliphatic rings. The molecule has 3 nitrogen and oxygen atoms in total. The van der Waals surface area contributed by atoms with E-state index < -0.39 is 5.82 Å². The predicted octanol–water partition coefficient (Wildman–Crippen LogP) is 2.19. The summed E-state index contributed by atoms with van der Waals surface area (Å²) in [6, 6.07) is 7.71. The van der Waals surface area contributed by atoms with Gasteiger partial charge in [0, 0.05) is 12.3 Å². The van der Waals surface area contributed by atoms with Crippen molar-refractivity contribution in [3.05, 3.63) is 52.7 Å². The van der Waals surface area contributed by atoms with Crippen LogP contribution >= 0.6 is 0 Å². The summed E-state index contributed by atoms with van der Waals surface area (Å²) in [5.41, 5.74) is 1.10. The van der Waals surface area contributed by atoms with Crippen molar-refractivity contribution < 1.29 is 9.13 Å². The van der Waals surface area contributed by atoms with Gasteiger partial charge in [0.05, 0.1) is 7.11 Å². The van der Waals surface area contributed by atoms with Gasteiger partial charge in [0.2, 0.25) is 5.56 Å². The molecule has 0 radical (unpaired) electrons. The Morgan fingerprint density at radius 3 is 2.56 bits per heavy atom. The fourth-order valence-corrected chi connectivity index (χ4v) is 1.47. The highest BCUT2D eigenvalue weighted by Crippen LogP contribution is 2.24. The molecule has 2 rings (SSSR count). The van der Waals surface area contributed by atoms with Crippen molar-refractivity contribution in [2.45, 2.75) is 0 Å². The minimum absolute atomic E-state index is 0.189. The minimum Gasteiger partial charge on any atom is -0.494 e. The summed E-state index contributed by atoms with van der Waals surface area (Å²) in [5.74, 6) is -0.256. The van der Waals surface area contributed by atoms with E-state index in [0.29, 0.717) is 11.1 Å². The Bertz CT molecular complexity index is 563. The largest absolute Gasteiger partial charge is 0.494 e. The molecule has 0 spiro atoms. The molecule has 1 N–H and O–H groups in total. The zero-order chi connectivity index (χ0) is 11.5. The third-order valence-corrected chi connectivity index (χ3v) is 2.26. The van der Waals surface area contributed by atoms with E-state index in [1.807, 2.05) is 0 Å². The average Bonchev–Trinajstić information content (AvgIpc) is 2.29. The van der Waals surface area contributed by atoms with Gasteiger partial charge in [-0.2, -0.15) is 0 Å². The lowest BCUT2D eigenvalue weighted by Crippen LogP contribution is -2.02. The topological polar surface area (TPSA) is 42.1 Å². The number of halogens is 1. The van der Waals surface area contributed by atoms with Gasteiger partial charge in [-0.1, -0.05) is 6.07 Å². The molecule has 82 valence electrons. The van der Waals surface area contributed by atoms with Gasteiger partial charge in [0.15, 0.2) is 11.6 Å². The fourth-order valence-electron chi connectivity index (χ4n) is 1.47. The van der Waals surface area contributed by atoms with Crippen LogP contribution < -0.4 is 10.3 Å². The summed E-state index contributed by atoms with van der Waals surface area (Å²) in [6.07, 6.45) is 1.53. The molecule has 0 amide bonds. The van der Waals surface area contributed by atoms with Crippen molar-refractivity contribution in [3.63, 3.8) is 0 Å². The number of aromatic amines is 1. The van der Waals surface area contributed by atoms with Crippen LogP contribution in [-0.2, 0) is 0 Å². The zero-order valence-corrected chi connectivity index (χ0v) is 8.66. The van der Waals surface area contributed by atoms with Crippen molar-refractivity contribution >= 4 is 0 Å². The zero-order valence-electron chi connectivity index (χ0n) is 8.66. The number of aromatic nitrogens is 1. The second kappa shape index (κ2) is 4.18. The van der Waals surface area contributed by atoms with Crippen LogP contribution in [0.25, 0.3) is 11.1 Å². The number of hydrogen-bond acceptors (Lipinski definition) is 2. The first-order valence-corrected chi connectivity index (χ1v) is 4.73. The second-order valence-electron chi connectivity index (χ2n) is 3.29. The molecule has 0 atom stereocenters. The van der Waals surface area contributed by atoms with Gasteiger partial charge in [-0.15, -0.1) is 0 Å². The number of ether oxygens (including phenoxy) is 1. The van der Waals surface area contributed by atoms with Crippen molar-refractivity contribution in [2.75, 3.05) is 7.11 Å². The number of rotatable bonds is 2. The molecular weight excluding hydrogens is 209 g/mol. The van der Waals surface area contributed by atoms with Crippen LogP contribution in [0.4, 0.5) is 4.39 Å². The predicted molar refractivity (Wildman–Crippen MR) is 59.0 cm³/mol. The van der Waals surface area contributed by atoms with Crippen LogP contribution in [0, 0.1) is 5.82 Å². The lowest BCUT2D eigenvalue weighted by Gasteiger charge is -2.04. The third-order valence-electron chi connectivity index (χ3n) is 2.26. The van der Waals surface area contributed by atoms with Gasteiger partial charge in [0.1, 0.15) is 0 Å². The van der Waals surface area contributed by atoms with E-state index in [4.69, 9.17) is 4.74 Å². The van der Waals surface area contributed by atoms with E-state index in [9.17, 15) is 9.18 Å². The summed E-state index contributed by atoms with van der Waals surface area (Å²) in [5, 5.41) is 0. The van der Waals surface area contributed by atoms with E-state index in [1.165, 1.54) is 31.5 Å². The van der Waals surface area contributed by atoms with E-state index in [1.54, 1.807) is 12.1 Å². The first-order valence-electron chi connectivity index (χ1n) is 4.73. The number of pyridine rings is 1. The Morgan fingerprint density at radius 1 is 1.19 bits per heavy atom. The van der Waals surface area contributed by atoms with Crippen LogP contribution in [0.5, 0.6) is 5.75 Å². The molecule has 0 aliphatic heterocycles. The van der Waals surface area contributed by atoms with Crippen molar-refractivity contribution in [2.24, 2.45) is 0 Å². The summed E-state index contributed by atoms with van der Waals surface area (Å²) in [7, 11) is 1.41. The molecule has 2 aromatic rings. The number of nitrogens with one attached hydrogen (secondary N) is 1. The van der Waals surface area contributed by atoms with Gasteiger partial charge in [0.25, 0.3) is 0 Å². The second-order valence-corrected chi connectivity index (χ2v) is 3.29. The molecule has 0 bridgehead atoms. The van der Waals surface area contributed by atoms with Gasteiger partial charge < -0.3 is 9.72 Å². The molecule has 0 unspecified atom stereocenters. The summed E-state index contributed by atoms with van der Waals surface area (Å²) >= 11 is 0. The van der Waals surface area contributed by atoms with Crippen LogP contribution in [0.3, 0.4) is 0 Å². The lowest BCUT2D eigenvalue weighted by atomic mass is 10.1. The van der Waals surface area contributed by atoms with Gasteiger partial charge in [-0.05, 0) is 29.3 Å². The molecule has 0 fully saturated rings. The monoisotopic (exact) mass is 219 g/mol. The maximum absolute atomic E-state index is 13.4. The smallest absolute Gasteiger partial charge is 0.248 e. The highest BCUT2D eigenvalue weighted by molar-refractivity contribution is 5.63. The lowest BCUT2D eigenvalue weighted by molar-refractivity contribution is 0.386. The van der Waals surface area contributed by atoms with Crippen LogP contribution in [0.1, 0.15) is 0 Å². The molecule has 1 aromatic heterocycles. The van der Waals surface area contributed by atoms with E-state index in [-0.39, 0.29) is 11.3 Å². The first-order chi connectivity index (χ1) is 7.70. The summed E-state index contributed by atoms with van der Waals surface area (Å²) in [4.78, 5) is 13.6. The molecule has 16 heavy (non-hydrogen) atoms. The van der Waals surface area contributed by atoms with E-state index in [0.717, 1.165) is 0 Å². The van der Waals surface area contributed by atoms with Crippen LogP contribution in [0.2, 0.25) is 0 Å². The minimum atomic E-state index is -0.444. The maximum atomic E-state index is 13.4. The number of methoxy groups -OCH3 is 1. The van der Waals surface area contributed by atoms with E-state index >= 15 is 0 Å². The Hall–Kier alpha value is -2.10.